The molecule has 27 heavy (non-hydrogen) atoms. The maximum absolute atomic E-state index is 13.1. The van der Waals surface area contributed by atoms with Gasteiger partial charge in [0.1, 0.15) is 0 Å². The molecule has 4 nitrogen and oxygen atoms in total. The summed E-state index contributed by atoms with van der Waals surface area (Å²) < 4.78 is 44.7. The van der Waals surface area contributed by atoms with Gasteiger partial charge in [0.05, 0.1) is 30.2 Å². The van der Waals surface area contributed by atoms with E-state index in [0.29, 0.717) is 37.7 Å². The van der Waals surface area contributed by atoms with Crippen LogP contribution in [0.1, 0.15) is 11.1 Å². The van der Waals surface area contributed by atoms with E-state index < -0.39 is 11.7 Å². The molecule has 144 valence electrons. The topological polar surface area (TPSA) is 28.1 Å². The van der Waals surface area contributed by atoms with Gasteiger partial charge >= 0.3 is 6.18 Å². The summed E-state index contributed by atoms with van der Waals surface area (Å²) in [6.07, 6.45) is -2.81. The zero-order chi connectivity index (χ0) is 19.4. The van der Waals surface area contributed by atoms with E-state index in [1.165, 1.54) is 6.07 Å². The number of benzene rings is 2. The van der Waals surface area contributed by atoms with Gasteiger partial charge < -0.3 is 14.5 Å². The van der Waals surface area contributed by atoms with Gasteiger partial charge in [-0.05, 0) is 35.9 Å². The number of alkyl halides is 3. The summed E-state index contributed by atoms with van der Waals surface area (Å²) in [5.41, 5.74) is 2.16. The Hall–Kier alpha value is -2.54. The van der Waals surface area contributed by atoms with E-state index in [4.69, 9.17) is 4.74 Å². The molecule has 1 saturated heterocycles. The number of hydrogen-bond acceptors (Lipinski definition) is 4. The fraction of sp³-hybridized carbons (Fsp3) is 0.350. The Morgan fingerprint density at radius 1 is 1.04 bits per heavy atom. The maximum Gasteiger partial charge on any atom is 0.416 e. The summed E-state index contributed by atoms with van der Waals surface area (Å²) in [5.74, 6) is 0. The number of hydrogen-bond donors (Lipinski definition) is 0. The van der Waals surface area contributed by atoms with Crippen LogP contribution in [0.5, 0.6) is 0 Å². The lowest BCUT2D eigenvalue weighted by Crippen LogP contribution is -2.36. The number of halogens is 3. The molecule has 0 N–H and O–H groups in total. The third kappa shape index (κ3) is 4.80. The first-order valence-electron chi connectivity index (χ1n) is 8.70. The number of ether oxygens (including phenoxy) is 1. The second-order valence-electron chi connectivity index (χ2n) is 6.54. The van der Waals surface area contributed by atoms with Crippen molar-refractivity contribution < 1.29 is 17.9 Å². The van der Waals surface area contributed by atoms with Crippen molar-refractivity contribution in [2.75, 3.05) is 50.2 Å². The highest BCUT2D eigenvalue weighted by Crippen LogP contribution is 2.37. The first-order valence-corrected chi connectivity index (χ1v) is 8.70. The molecule has 0 spiro atoms. The number of morpholine rings is 1. The number of rotatable bonds is 4. The van der Waals surface area contributed by atoms with Crippen LogP contribution in [-0.2, 0) is 10.9 Å². The summed E-state index contributed by atoms with van der Waals surface area (Å²) in [6.45, 7) is 2.36. The molecule has 0 aromatic heterocycles. The van der Waals surface area contributed by atoms with Gasteiger partial charge in [-0.1, -0.05) is 12.1 Å². The van der Waals surface area contributed by atoms with Crippen LogP contribution < -0.4 is 9.80 Å². The van der Waals surface area contributed by atoms with E-state index in [-0.39, 0.29) is 0 Å². The highest BCUT2D eigenvalue weighted by atomic mass is 19.4. The second-order valence-corrected chi connectivity index (χ2v) is 6.54. The molecule has 0 aliphatic carbocycles. The summed E-state index contributed by atoms with van der Waals surface area (Å²) >= 11 is 0. The van der Waals surface area contributed by atoms with Gasteiger partial charge in [-0.2, -0.15) is 13.2 Å². The zero-order valence-electron chi connectivity index (χ0n) is 15.3. The quantitative estimate of drug-likeness (QED) is 0.741. The van der Waals surface area contributed by atoms with Crippen LogP contribution in [0, 0.1) is 0 Å². The maximum atomic E-state index is 13.1. The Morgan fingerprint density at radius 2 is 1.70 bits per heavy atom. The largest absolute Gasteiger partial charge is 0.416 e. The monoisotopic (exact) mass is 377 g/mol. The second kappa shape index (κ2) is 8.00. The standard InChI is InChI=1S/C20H22F3N3O/c1-25(2)17-6-3-15(4-7-17)14-24-18-13-16(20(21,22)23)5-8-19(18)26-9-11-27-12-10-26/h3-8,13-14H,9-12H2,1-2H3. The zero-order valence-corrected chi connectivity index (χ0v) is 15.3. The average Bonchev–Trinajstić information content (AvgIpc) is 2.66. The Labute approximate surface area is 156 Å². The molecule has 0 bridgehead atoms. The Kier molecular flexibility index (Phi) is 5.70. The molecular formula is C20H22F3N3O. The minimum absolute atomic E-state index is 0.309. The van der Waals surface area contributed by atoms with Crippen LogP contribution in [0.2, 0.25) is 0 Å². The molecule has 1 heterocycles. The van der Waals surface area contributed by atoms with Crippen molar-refractivity contribution in [3.05, 3.63) is 53.6 Å². The van der Waals surface area contributed by atoms with Gasteiger partial charge in [-0.25, -0.2) is 0 Å². The van der Waals surface area contributed by atoms with E-state index in [9.17, 15) is 13.2 Å². The lowest BCUT2D eigenvalue weighted by molar-refractivity contribution is -0.137. The van der Waals surface area contributed by atoms with Crippen molar-refractivity contribution in [3.8, 4) is 0 Å². The Balaban J connectivity index is 1.92. The molecule has 2 aromatic carbocycles. The van der Waals surface area contributed by atoms with E-state index in [1.54, 1.807) is 6.21 Å². The van der Waals surface area contributed by atoms with Gasteiger partial charge in [-0.15, -0.1) is 0 Å². The molecule has 0 radical (unpaired) electrons. The van der Waals surface area contributed by atoms with Crippen LogP contribution in [0.15, 0.2) is 47.5 Å². The minimum atomic E-state index is -4.40. The summed E-state index contributed by atoms with van der Waals surface area (Å²) in [4.78, 5) is 8.36. The summed E-state index contributed by atoms with van der Waals surface area (Å²) in [7, 11) is 3.89. The fourth-order valence-corrected chi connectivity index (χ4v) is 2.88. The van der Waals surface area contributed by atoms with Gasteiger partial charge in [0, 0.05) is 39.1 Å². The van der Waals surface area contributed by atoms with Crippen LogP contribution >= 0.6 is 0 Å². The van der Waals surface area contributed by atoms with Crippen molar-refractivity contribution in [2.45, 2.75) is 6.18 Å². The first-order chi connectivity index (χ1) is 12.8. The molecule has 0 unspecified atom stereocenters. The van der Waals surface area contributed by atoms with Crippen LogP contribution in [-0.4, -0.2) is 46.6 Å². The molecular weight excluding hydrogens is 355 g/mol. The Bertz CT molecular complexity index is 795. The highest BCUT2D eigenvalue weighted by molar-refractivity contribution is 5.85. The molecule has 3 rings (SSSR count). The molecule has 0 amide bonds. The van der Waals surface area contributed by atoms with Gasteiger partial charge in [0.2, 0.25) is 0 Å². The van der Waals surface area contributed by atoms with Crippen LogP contribution in [0.25, 0.3) is 0 Å². The van der Waals surface area contributed by atoms with Crippen LogP contribution in [0.3, 0.4) is 0 Å². The van der Waals surface area contributed by atoms with Gasteiger partial charge in [-0.3, -0.25) is 4.99 Å². The normalized spacial score (nSPS) is 15.4. The predicted octanol–water partition coefficient (Wildman–Crippen LogP) is 4.36. The molecule has 2 aromatic rings. The molecule has 1 fully saturated rings. The van der Waals surface area contributed by atoms with E-state index >= 15 is 0 Å². The summed E-state index contributed by atoms with van der Waals surface area (Å²) in [6, 6.07) is 11.4. The lowest BCUT2D eigenvalue weighted by Gasteiger charge is -2.30. The number of nitrogens with zero attached hydrogens (tertiary/aromatic N) is 3. The van der Waals surface area contributed by atoms with Crippen molar-refractivity contribution in [3.63, 3.8) is 0 Å². The van der Waals surface area contributed by atoms with E-state index in [0.717, 1.165) is 23.4 Å². The predicted molar refractivity (Wildman–Crippen MR) is 102 cm³/mol. The fourth-order valence-electron chi connectivity index (χ4n) is 2.88. The summed E-state index contributed by atoms with van der Waals surface area (Å²) in [5, 5.41) is 0. The van der Waals surface area contributed by atoms with Crippen molar-refractivity contribution in [2.24, 2.45) is 4.99 Å². The van der Waals surface area contributed by atoms with Gasteiger partial charge in [0.15, 0.2) is 0 Å². The van der Waals surface area contributed by atoms with E-state index in [2.05, 4.69) is 4.99 Å². The number of aliphatic imine (C=N–C) groups is 1. The SMILES string of the molecule is CN(C)c1ccc(C=Nc2cc(C(F)(F)F)ccc2N2CCOCC2)cc1. The highest BCUT2D eigenvalue weighted by Gasteiger charge is 2.31. The lowest BCUT2D eigenvalue weighted by atomic mass is 10.1. The smallest absolute Gasteiger partial charge is 0.378 e. The average molecular weight is 377 g/mol. The third-order valence-electron chi connectivity index (χ3n) is 4.42. The van der Waals surface area contributed by atoms with Crippen molar-refractivity contribution in [1.82, 2.24) is 0 Å². The molecule has 7 heteroatoms. The van der Waals surface area contributed by atoms with Crippen molar-refractivity contribution in [1.29, 1.82) is 0 Å². The minimum Gasteiger partial charge on any atom is -0.378 e. The first kappa shape index (κ1) is 19.2. The molecule has 0 atom stereocenters. The number of anilines is 2. The third-order valence-corrected chi connectivity index (χ3v) is 4.42. The van der Waals surface area contributed by atoms with Crippen LogP contribution in [0.4, 0.5) is 30.2 Å². The van der Waals surface area contributed by atoms with Crippen molar-refractivity contribution >= 4 is 23.3 Å². The molecule has 1 aliphatic rings. The molecule has 1 aliphatic heterocycles. The molecule has 0 saturated carbocycles. The Morgan fingerprint density at radius 3 is 2.30 bits per heavy atom. The van der Waals surface area contributed by atoms with Gasteiger partial charge in [0.25, 0.3) is 0 Å². The van der Waals surface area contributed by atoms with E-state index in [1.807, 2.05) is 48.2 Å².